The van der Waals surface area contributed by atoms with E-state index in [0.29, 0.717) is 0 Å². The summed E-state index contributed by atoms with van der Waals surface area (Å²) in [7, 11) is 0. The molecule has 0 radical (unpaired) electrons. The lowest BCUT2D eigenvalue weighted by Crippen LogP contribution is -2.26. The Morgan fingerprint density at radius 3 is 1.75 bits per heavy atom. The number of hydrogen-bond acceptors (Lipinski definition) is 2. The molecule has 0 aromatic heterocycles. The van der Waals surface area contributed by atoms with Gasteiger partial charge >= 0.3 is 0 Å². The SMILES string of the molecule is CCCCC1(CCCC)c2cc(C(C)=O)ccc2-c2ccc(C(=O)c3ccccc3)cc21. The number of fused-ring (bicyclic) bond motifs is 3. The molecule has 0 saturated carbocycles. The third-order valence-electron chi connectivity index (χ3n) is 6.98. The molecule has 0 amide bonds. The smallest absolute Gasteiger partial charge is 0.193 e. The van der Waals surface area contributed by atoms with Gasteiger partial charge in [0.25, 0.3) is 0 Å². The first kappa shape index (κ1) is 22.2. The number of hydrogen-bond donors (Lipinski definition) is 0. The number of carbonyl (C=O) groups excluding carboxylic acids is 2. The second kappa shape index (κ2) is 9.24. The maximum atomic E-state index is 13.3. The molecule has 2 heteroatoms. The minimum absolute atomic E-state index is 0.0636. The van der Waals surface area contributed by atoms with E-state index in [1.54, 1.807) is 6.92 Å². The first-order valence-corrected chi connectivity index (χ1v) is 11.9. The molecule has 2 nitrogen and oxygen atoms in total. The number of benzene rings is 3. The molecule has 32 heavy (non-hydrogen) atoms. The van der Waals surface area contributed by atoms with Crippen LogP contribution in [0.2, 0.25) is 0 Å². The van der Waals surface area contributed by atoms with Crippen LogP contribution in [-0.4, -0.2) is 11.6 Å². The summed E-state index contributed by atoms with van der Waals surface area (Å²) >= 11 is 0. The number of rotatable bonds is 9. The van der Waals surface area contributed by atoms with Gasteiger partial charge in [0, 0.05) is 22.1 Å². The minimum atomic E-state index is -0.144. The zero-order valence-electron chi connectivity index (χ0n) is 19.4. The van der Waals surface area contributed by atoms with E-state index in [-0.39, 0.29) is 17.0 Å². The van der Waals surface area contributed by atoms with E-state index in [1.807, 2.05) is 42.5 Å². The van der Waals surface area contributed by atoms with Gasteiger partial charge in [-0.3, -0.25) is 9.59 Å². The van der Waals surface area contributed by atoms with Crippen LogP contribution in [0, 0.1) is 0 Å². The molecule has 0 unspecified atom stereocenters. The van der Waals surface area contributed by atoms with Gasteiger partial charge in [0.1, 0.15) is 0 Å². The quantitative estimate of drug-likeness (QED) is 0.329. The molecule has 1 aliphatic rings. The summed E-state index contributed by atoms with van der Waals surface area (Å²) in [5.74, 6) is 0.164. The molecular formula is C30H32O2. The average molecular weight is 425 g/mol. The molecule has 164 valence electrons. The maximum Gasteiger partial charge on any atom is 0.193 e. The van der Waals surface area contributed by atoms with E-state index in [2.05, 4.69) is 38.1 Å². The third kappa shape index (κ3) is 3.83. The van der Waals surface area contributed by atoms with E-state index in [9.17, 15) is 9.59 Å². The molecular weight excluding hydrogens is 392 g/mol. The topological polar surface area (TPSA) is 34.1 Å². The fourth-order valence-corrected chi connectivity index (χ4v) is 5.23. The van der Waals surface area contributed by atoms with Crippen molar-refractivity contribution in [1.82, 2.24) is 0 Å². The highest BCUT2D eigenvalue weighted by Gasteiger charge is 2.42. The van der Waals surface area contributed by atoms with Gasteiger partial charge < -0.3 is 0 Å². The first-order valence-electron chi connectivity index (χ1n) is 11.9. The molecule has 0 aliphatic heterocycles. The van der Waals surface area contributed by atoms with E-state index < -0.39 is 0 Å². The van der Waals surface area contributed by atoms with Crippen molar-refractivity contribution in [2.24, 2.45) is 0 Å². The highest BCUT2D eigenvalue weighted by Crippen LogP contribution is 2.54. The first-order chi connectivity index (χ1) is 15.5. The lowest BCUT2D eigenvalue weighted by molar-refractivity contribution is 0.101. The molecule has 0 N–H and O–H groups in total. The van der Waals surface area contributed by atoms with Crippen molar-refractivity contribution in [3.05, 3.63) is 94.5 Å². The molecule has 0 spiro atoms. The van der Waals surface area contributed by atoms with Crippen molar-refractivity contribution in [3.8, 4) is 11.1 Å². The Bertz CT molecular complexity index is 1130. The zero-order chi connectivity index (χ0) is 22.7. The van der Waals surface area contributed by atoms with E-state index in [0.717, 1.165) is 55.2 Å². The van der Waals surface area contributed by atoms with Crippen molar-refractivity contribution < 1.29 is 9.59 Å². The number of ketones is 2. The Labute approximate surface area is 191 Å². The van der Waals surface area contributed by atoms with E-state index >= 15 is 0 Å². The van der Waals surface area contributed by atoms with E-state index in [1.165, 1.54) is 22.3 Å². The van der Waals surface area contributed by atoms with Gasteiger partial charge in [-0.1, -0.05) is 94.1 Å². The van der Waals surface area contributed by atoms with Crippen LogP contribution in [0.15, 0.2) is 66.7 Å². The van der Waals surface area contributed by atoms with Crippen LogP contribution in [0.1, 0.15) is 96.7 Å². The van der Waals surface area contributed by atoms with Gasteiger partial charge in [-0.05, 0) is 54.2 Å². The summed E-state index contributed by atoms with van der Waals surface area (Å²) in [5.41, 5.74) is 7.05. The molecule has 0 heterocycles. The zero-order valence-corrected chi connectivity index (χ0v) is 19.4. The standard InChI is InChI=1S/C30H32O2/c1-4-6-17-30(18-7-5-2)27-19-23(21(3)31)13-15-25(27)26-16-14-24(20-28(26)30)29(32)22-11-9-8-10-12-22/h8-16,19-20H,4-7,17-18H2,1-3H3. The van der Waals surface area contributed by atoms with Gasteiger partial charge in [-0.25, -0.2) is 0 Å². The van der Waals surface area contributed by atoms with Gasteiger partial charge in [0.15, 0.2) is 11.6 Å². The van der Waals surface area contributed by atoms with Crippen LogP contribution in [0.25, 0.3) is 11.1 Å². The van der Waals surface area contributed by atoms with Gasteiger partial charge in [0.05, 0.1) is 0 Å². The Balaban J connectivity index is 1.91. The second-order valence-corrected chi connectivity index (χ2v) is 9.06. The summed E-state index contributed by atoms with van der Waals surface area (Å²) in [5, 5.41) is 0. The van der Waals surface area contributed by atoms with Crippen LogP contribution >= 0.6 is 0 Å². The lowest BCUT2D eigenvalue weighted by Gasteiger charge is -2.33. The summed E-state index contributed by atoms with van der Waals surface area (Å²) in [6.45, 7) is 6.09. The maximum absolute atomic E-state index is 13.3. The summed E-state index contributed by atoms with van der Waals surface area (Å²) in [6.07, 6.45) is 6.54. The highest BCUT2D eigenvalue weighted by atomic mass is 16.1. The fraction of sp³-hybridized carbons (Fsp3) is 0.333. The van der Waals surface area contributed by atoms with Gasteiger partial charge in [0.2, 0.25) is 0 Å². The Hall–Kier alpha value is -3.00. The van der Waals surface area contributed by atoms with E-state index in [4.69, 9.17) is 0 Å². The largest absolute Gasteiger partial charge is 0.295 e. The van der Waals surface area contributed by atoms with Crippen LogP contribution in [0.3, 0.4) is 0 Å². The molecule has 3 aromatic carbocycles. The highest BCUT2D eigenvalue weighted by molar-refractivity contribution is 6.09. The van der Waals surface area contributed by atoms with Crippen molar-refractivity contribution in [2.45, 2.75) is 64.7 Å². The predicted octanol–water partition coefficient (Wildman–Crippen LogP) is 7.77. The molecule has 0 fully saturated rings. The molecule has 1 aliphatic carbocycles. The summed E-state index contributed by atoms with van der Waals surface area (Å²) in [6, 6.07) is 21.9. The molecule has 3 aromatic rings. The van der Waals surface area contributed by atoms with Crippen molar-refractivity contribution in [3.63, 3.8) is 0 Å². The third-order valence-corrected chi connectivity index (χ3v) is 6.98. The Morgan fingerprint density at radius 2 is 1.22 bits per heavy atom. The summed E-state index contributed by atoms with van der Waals surface area (Å²) < 4.78 is 0. The number of unbranched alkanes of at least 4 members (excludes halogenated alkanes) is 2. The van der Waals surface area contributed by atoms with Crippen LogP contribution in [0.4, 0.5) is 0 Å². The minimum Gasteiger partial charge on any atom is -0.295 e. The van der Waals surface area contributed by atoms with Crippen LogP contribution in [-0.2, 0) is 5.41 Å². The Kier molecular flexibility index (Phi) is 6.41. The molecule has 0 saturated heterocycles. The fourth-order valence-electron chi connectivity index (χ4n) is 5.23. The van der Waals surface area contributed by atoms with Crippen LogP contribution < -0.4 is 0 Å². The molecule has 0 atom stereocenters. The second-order valence-electron chi connectivity index (χ2n) is 9.06. The average Bonchev–Trinajstić information content (AvgIpc) is 3.10. The lowest BCUT2D eigenvalue weighted by atomic mass is 9.70. The predicted molar refractivity (Wildman–Crippen MR) is 132 cm³/mol. The monoisotopic (exact) mass is 424 g/mol. The van der Waals surface area contributed by atoms with Crippen molar-refractivity contribution in [1.29, 1.82) is 0 Å². The van der Waals surface area contributed by atoms with Gasteiger partial charge in [-0.15, -0.1) is 0 Å². The van der Waals surface area contributed by atoms with Crippen molar-refractivity contribution >= 4 is 11.6 Å². The number of carbonyl (C=O) groups is 2. The van der Waals surface area contributed by atoms with Gasteiger partial charge in [-0.2, -0.15) is 0 Å². The Morgan fingerprint density at radius 1 is 0.688 bits per heavy atom. The molecule has 4 rings (SSSR count). The normalized spacial score (nSPS) is 13.5. The molecule has 0 bridgehead atoms. The van der Waals surface area contributed by atoms with Crippen LogP contribution in [0.5, 0.6) is 0 Å². The summed E-state index contributed by atoms with van der Waals surface area (Å²) in [4.78, 5) is 25.5. The number of Topliss-reactive ketones (excluding diaryl/α,β-unsaturated/α-hetero) is 1. The van der Waals surface area contributed by atoms with Crippen molar-refractivity contribution in [2.75, 3.05) is 0 Å².